The molecule has 1 amide bonds. The van der Waals surface area contributed by atoms with Crippen molar-refractivity contribution in [2.24, 2.45) is 17.6 Å². The van der Waals surface area contributed by atoms with Gasteiger partial charge in [-0.05, 0) is 19.4 Å². The minimum Gasteiger partial charge on any atom is -0.668 e. The van der Waals surface area contributed by atoms with Crippen LogP contribution in [-0.4, -0.2) is 36.6 Å². The monoisotopic (exact) mass is 400 g/mol. The average molecular weight is 400 g/mol. The van der Waals surface area contributed by atoms with Crippen molar-refractivity contribution < 1.29 is 47.1 Å². The van der Waals surface area contributed by atoms with Crippen LogP contribution < -0.4 is 11.1 Å². The summed E-state index contributed by atoms with van der Waals surface area (Å²) in [6.45, 7) is 6.53. The number of carbonyl (C=O) groups is 2. The first-order valence-corrected chi connectivity index (χ1v) is 7.97. The second-order valence-electron chi connectivity index (χ2n) is 5.96. The third-order valence-electron chi connectivity index (χ3n) is 4.00. The number of hydrogen-bond acceptors (Lipinski definition) is 4. The Balaban J connectivity index is 0. The molecule has 0 fully saturated rings. The van der Waals surface area contributed by atoms with Crippen molar-refractivity contribution in [1.82, 2.24) is 5.32 Å². The molecule has 0 aliphatic rings. The molecule has 1 radical (unpaired) electrons. The summed E-state index contributed by atoms with van der Waals surface area (Å²) in [4.78, 5) is 33.4. The van der Waals surface area contributed by atoms with Gasteiger partial charge in [-0.1, -0.05) is 51.6 Å². The van der Waals surface area contributed by atoms with E-state index >= 15 is 0 Å². The molecule has 0 aliphatic carbocycles. The topological polar surface area (TPSA) is 113 Å². The molecule has 0 aliphatic heterocycles. The molecule has 0 aromatic carbocycles. The van der Waals surface area contributed by atoms with Gasteiger partial charge in [0.25, 0.3) is 0 Å². The van der Waals surface area contributed by atoms with E-state index in [0.717, 1.165) is 19.3 Å². The van der Waals surface area contributed by atoms with Gasteiger partial charge in [0, 0.05) is 45.0 Å². The summed E-state index contributed by atoms with van der Waals surface area (Å²) in [5.41, 5.74) is 12.6. The molecular weight excluding hydrogens is 371 g/mol. The maximum absolute atomic E-state index is 11.9. The van der Waals surface area contributed by atoms with E-state index < -0.39 is 11.9 Å². The molecule has 0 saturated heterocycles. The second-order valence-corrected chi connectivity index (χ2v) is 5.96. The van der Waals surface area contributed by atoms with E-state index in [1.165, 1.54) is 0 Å². The van der Waals surface area contributed by atoms with E-state index in [2.05, 4.69) is 5.32 Å². The van der Waals surface area contributed by atoms with Crippen molar-refractivity contribution in [2.75, 3.05) is 6.54 Å². The van der Waals surface area contributed by atoms with Crippen molar-refractivity contribution in [1.29, 1.82) is 0 Å². The first-order valence-electron chi connectivity index (χ1n) is 7.97. The van der Waals surface area contributed by atoms with Crippen LogP contribution in [0.1, 0.15) is 52.9 Å². The van der Waals surface area contributed by atoms with Crippen LogP contribution in [0.15, 0.2) is 0 Å². The smallest absolute Gasteiger partial charge is 0.216 e. The number of carbonyl (C=O) groups excluding carboxylic acids is 3. The predicted octanol–water partition coefficient (Wildman–Crippen LogP) is 1.77. The molecule has 4 N–H and O–H groups in total. The van der Waals surface area contributed by atoms with E-state index in [9.17, 15) is 14.4 Å². The normalized spacial score (nSPS) is 15.8. The summed E-state index contributed by atoms with van der Waals surface area (Å²) in [6, 6.07) is -1.29. The van der Waals surface area contributed by atoms with Crippen molar-refractivity contribution in [3.63, 3.8) is 0 Å². The van der Waals surface area contributed by atoms with Gasteiger partial charge in [0.05, 0.1) is 0 Å². The molecule has 0 bridgehead atoms. The number of amides is 1. The Hall–Kier alpha value is -0.166. The number of unbranched alkanes of at least 4 members (excludes halogenated alkanes) is 1. The van der Waals surface area contributed by atoms with Crippen LogP contribution in [0.25, 0.3) is 5.73 Å². The Labute approximate surface area is 164 Å². The minimum atomic E-state index is -1.05. The molecule has 0 aromatic heterocycles. The second kappa shape index (κ2) is 14.2. The van der Waals surface area contributed by atoms with Crippen molar-refractivity contribution in [3.05, 3.63) is 5.73 Å². The Kier molecular flexibility index (Phi) is 15.5. The third-order valence-corrected chi connectivity index (χ3v) is 4.00. The number of Topliss-reactive ketones (excluding diaryl/α,β-unsaturated/α-hetero) is 1. The quantitative estimate of drug-likeness (QED) is 0.362. The van der Waals surface area contributed by atoms with Crippen molar-refractivity contribution in [3.8, 4) is 0 Å². The molecule has 0 saturated carbocycles. The van der Waals surface area contributed by atoms with Gasteiger partial charge in [-0.2, -0.15) is 0 Å². The largest absolute Gasteiger partial charge is 0.668 e. The van der Waals surface area contributed by atoms with Crippen LogP contribution in [0.2, 0.25) is 0 Å². The maximum Gasteiger partial charge on any atom is 0.216 e. The standard InChI is InChI=1S/C16H29N3O3.Y/c1-4-11(2)14(10-20)19-8-6-5-7-12(3)16(22)13(17)9-15(18)21;/h11-14,17,19H,4-9H2,1-3H3,(H2,18,21);/q-2;/t11-,12?,13+,14-;/m1./s1. The van der Waals surface area contributed by atoms with Crippen molar-refractivity contribution >= 4 is 18.0 Å². The number of nitrogens with one attached hydrogen (secondary N) is 2. The van der Waals surface area contributed by atoms with Crippen LogP contribution in [0, 0.1) is 11.8 Å². The molecular formula is C16H29N3O3Y-2. The number of primary amides is 1. The summed E-state index contributed by atoms with van der Waals surface area (Å²) in [7, 11) is 0. The molecule has 0 heterocycles. The molecule has 0 spiro atoms. The van der Waals surface area contributed by atoms with E-state index in [1.807, 2.05) is 20.1 Å². The van der Waals surface area contributed by atoms with Gasteiger partial charge >= 0.3 is 0 Å². The molecule has 4 atom stereocenters. The van der Waals surface area contributed by atoms with E-state index in [4.69, 9.17) is 11.5 Å². The Morgan fingerprint density at radius 2 is 1.87 bits per heavy atom. The van der Waals surface area contributed by atoms with Crippen molar-refractivity contribution in [2.45, 2.75) is 65.0 Å². The number of nitrogens with two attached hydrogens (primary N) is 1. The number of ketones is 1. The molecule has 131 valence electrons. The van der Waals surface area contributed by atoms with Crippen LogP contribution >= 0.6 is 0 Å². The zero-order valence-electron chi connectivity index (χ0n) is 14.4. The molecule has 1 unspecified atom stereocenters. The van der Waals surface area contributed by atoms with Crippen LogP contribution in [0.4, 0.5) is 0 Å². The van der Waals surface area contributed by atoms with Crippen LogP contribution in [-0.2, 0) is 47.1 Å². The van der Waals surface area contributed by atoms with Gasteiger partial charge in [-0.15, -0.1) is 0 Å². The maximum atomic E-state index is 11.9. The van der Waals surface area contributed by atoms with Gasteiger partial charge in [0.1, 0.15) is 5.78 Å². The summed E-state index contributed by atoms with van der Waals surface area (Å²) < 4.78 is 0. The molecule has 23 heavy (non-hydrogen) atoms. The SMILES string of the molecule is CC[C@@H](C)[C@@H]([C-]=O)NCCCCC(C)C(=O)[C@@H]([NH-])CC(N)=O.[Y]. The summed E-state index contributed by atoms with van der Waals surface area (Å²) >= 11 is 0. The van der Waals surface area contributed by atoms with Gasteiger partial charge in [-0.3, -0.25) is 4.79 Å². The fraction of sp³-hybridized carbons (Fsp3) is 0.812. The first kappa shape index (κ1) is 25.1. The van der Waals surface area contributed by atoms with E-state index in [0.29, 0.717) is 13.0 Å². The Morgan fingerprint density at radius 1 is 1.26 bits per heavy atom. The zero-order chi connectivity index (χ0) is 17.1. The zero-order valence-corrected chi connectivity index (χ0v) is 17.3. The number of rotatable bonds is 13. The number of hydrogen-bond donors (Lipinski definition) is 2. The summed E-state index contributed by atoms with van der Waals surface area (Å²) in [5.74, 6) is -0.836. The average Bonchev–Trinajstić information content (AvgIpc) is 2.48. The Morgan fingerprint density at radius 3 is 2.35 bits per heavy atom. The summed E-state index contributed by atoms with van der Waals surface area (Å²) in [5, 5.41) is 3.17. The fourth-order valence-electron chi connectivity index (χ4n) is 2.22. The van der Waals surface area contributed by atoms with Gasteiger partial charge < -0.3 is 26.4 Å². The van der Waals surface area contributed by atoms with Gasteiger partial charge in [0.2, 0.25) is 5.91 Å². The molecule has 7 heteroatoms. The van der Waals surface area contributed by atoms with Gasteiger partial charge in [-0.25, -0.2) is 6.29 Å². The fourth-order valence-corrected chi connectivity index (χ4v) is 2.22. The molecule has 0 rings (SSSR count). The Bertz CT molecular complexity index is 366. The predicted molar refractivity (Wildman–Crippen MR) is 86.9 cm³/mol. The van der Waals surface area contributed by atoms with E-state index in [1.54, 1.807) is 6.92 Å². The van der Waals surface area contributed by atoms with Crippen LogP contribution in [0.5, 0.6) is 0 Å². The molecule has 6 nitrogen and oxygen atoms in total. The summed E-state index contributed by atoms with van der Waals surface area (Å²) in [6.07, 6.45) is 5.08. The van der Waals surface area contributed by atoms with E-state index in [-0.39, 0.29) is 62.8 Å². The third kappa shape index (κ3) is 11.1. The first-order chi connectivity index (χ1) is 10.3. The minimum absolute atomic E-state index is 0. The van der Waals surface area contributed by atoms with Crippen LogP contribution in [0.3, 0.4) is 0 Å². The molecule has 0 aromatic rings. The van der Waals surface area contributed by atoms with Gasteiger partial charge in [0.15, 0.2) is 0 Å².